The maximum absolute atomic E-state index is 13.9. The van der Waals surface area contributed by atoms with E-state index in [2.05, 4.69) is 30.6 Å². The number of rotatable bonds is 2. The van der Waals surface area contributed by atoms with Crippen molar-refractivity contribution in [2.24, 2.45) is 0 Å². The molecule has 0 aliphatic carbocycles. The number of hydrogen-bond acceptors (Lipinski definition) is 0. The van der Waals surface area contributed by atoms with Crippen LogP contribution in [0.3, 0.4) is 0 Å². The molecule has 2 unspecified atom stereocenters. The molecule has 21 heavy (non-hydrogen) atoms. The summed E-state index contributed by atoms with van der Waals surface area (Å²) in [7, 11) is 5.46. The van der Waals surface area contributed by atoms with Crippen molar-refractivity contribution in [2.45, 2.75) is 0 Å². The van der Waals surface area contributed by atoms with Crippen LogP contribution in [0, 0.1) is 5.82 Å². The number of halogens is 1. The topological polar surface area (TPSA) is 0 Å². The molecular weight excluding hydrogens is 297 g/mol. The van der Waals surface area contributed by atoms with E-state index in [4.69, 9.17) is 0 Å². The normalized spacial score (nSPS) is 10.6. The molecule has 3 aromatic carbocycles. The van der Waals surface area contributed by atoms with Gasteiger partial charge in [0, 0.05) is 5.56 Å². The predicted molar refractivity (Wildman–Crippen MR) is 96.0 cm³/mol. The fraction of sp³-hybridized carbons (Fsp3) is 0. The van der Waals surface area contributed by atoms with Crippen molar-refractivity contribution in [1.29, 1.82) is 0 Å². The van der Waals surface area contributed by atoms with Gasteiger partial charge in [0.25, 0.3) is 0 Å². The third-order valence-corrected chi connectivity index (χ3v) is 4.27. The zero-order valence-corrected chi connectivity index (χ0v) is 13.7. The minimum Gasteiger partial charge on any atom is -0.206 e. The highest BCUT2D eigenvalue weighted by molar-refractivity contribution is 7.28. The molecule has 0 saturated heterocycles. The molecular formula is C18H15FP2. The quantitative estimate of drug-likeness (QED) is 0.623. The highest BCUT2D eigenvalue weighted by Gasteiger charge is 2.07. The largest absolute Gasteiger partial charge is 0.206 e. The van der Waals surface area contributed by atoms with E-state index in [1.54, 1.807) is 12.1 Å². The van der Waals surface area contributed by atoms with E-state index in [9.17, 15) is 4.39 Å². The summed E-state index contributed by atoms with van der Waals surface area (Å²) >= 11 is 0. The van der Waals surface area contributed by atoms with Crippen LogP contribution in [0.15, 0.2) is 66.7 Å². The molecule has 0 radical (unpaired) electrons. The summed E-state index contributed by atoms with van der Waals surface area (Å²) in [4.78, 5) is 0. The first-order valence-electron chi connectivity index (χ1n) is 6.65. The van der Waals surface area contributed by atoms with E-state index in [1.165, 1.54) is 6.07 Å². The summed E-state index contributed by atoms with van der Waals surface area (Å²) in [6, 6.07) is 21.2. The van der Waals surface area contributed by atoms with E-state index in [1.807, 2.05) is 36.4 Å². The number of hydrogen-bond donors (Lipinski definition) is 0. The van der Waals surface area contributed by atoms with Gasteiger partial charge < -0.3 is 0 Å². The van der Waals surface area contributed by atoms with Crippen molar-refractivity contribution < 1.29 is 4.39 Å². The molecule has 3 aromatic rings. The van der Waals surface area contributed by atoms with Crippen molar-refractivity contribution in [3.05, 3.63) is 72.5 Å². The molecule has 0 heterocycles. The Balaban J connectivity index is 2.07. The second-order valence-electron chi connectivity index (χ2n) is 4.91. The van der Waals surface area contributed by atoms with Crippen molar-refractivity contribution >= 4 is 29.1 Å². The Hall–Kier alpha value is -1.55. The first-order chi connectivity index (χ1) is 10.1. The Morgan fingerprint density at radius 2 is 1.43 bits per heavy atom. The van der Waals surface area contributed by atoms with E-state index < -0.39 is 0 Å². The third kappa shape index (κ3) is 3.05. The summed E-state index contributed by atoms with van der Waals surface area (Å²) in [5, 5.41) is 2.21. The second kappa shape index (κ2) is 6.06. The van der Waals surface area contributed by atoms with Crippen LogP contribution in [0.25, 0.3) is 22.3 Å². The van der Waals surface area contributed by atoms with Crippen LogP contribution in [-0.2, 0) is 0 Å². The maximum atomic E-state index is 13.9. The van der Waals surface area contributed by atoms with E-state index in [-0.39, 0.29) is 5.82 Å². The minimum absolute atomic E-state index is 0.193. The molecule has 0 aliphatic heterocycles. The average Bonchev–Trinajstić information content (AvgIpc) is 2.47. The zero-order valence-electron chi connectivity index (χ0n) is 11.4. The molecule has 3 heteroatoms. The van der Waals surface area contributed by atoms with Crippen molar-refractivity contribution in [1.82, 2.24) is 0 Å². The van der Waals surface area contributed by atoms with Crippen LogP contribution < -0.4 is 10.6 Å². The van der Waals surface area contributed by atoms with Gasteiger partial charge in [-0.3, -0.25) is 0 Å². The smallest absolute Gasteiger partial charge is 0.131 e. The molecule has 0 aliphatic rings. The molecule has 0 spiro atoms. The van der Waals surface area contributed by atoms with Gasteiger partial charge in [0.1, 0.15) is 5.82 Å². The van der Waals surface area contributed by atoms with Gasteiger partial charge in [-0.25, -0.2) is 4.39 Å². The second-order valence-corrected chi connectivity index (χ2v) is 6.20. The summed E-state index contributed by atoms with van der Waals surface area (Å²) in [5.74, 6) is -0.193. The van der Waals surface area contributed by atoms with Crippen LogP contribution in [0.4, 0.5) is 4.39 Å². The highest BCUT2D eigenvalue weighted by atomic mass is 31.0. The average molecular weight is 312 g/mol. The van der Waals surface area contributed by atoms with Crippen LogP contribution in [0.1, 0.15) is 0 Å². The number of benzene rings is 3. The molecule has 104 valence electrons. The van der Waals surface area contributed by atoms with Gasteiger partial charge >= 0.3 is 0 Å². The Kier molecular flexibility index (Phi) is 4.15. The van der Waals surface area contributed by atoms with E-state index >= 15 is 0 Å². The minimum atomic E-state index is -0.193. The van der Waals surface area contributed by atoms with E-state index in [0.29, 0.717) is 5.56 Å². The Morgan fingerprint density at radius 1 is 0.667 bits per heavy atom. The lowest BCUT2D eigenvalue weighted by Gasteiger charge is -2.10. The molecule has 0 amide bonds. The van der Waals surface area contributed by atoms with Crippen LogP contribution in [-0.4, -0.2) is 0 Å². The van der Waals surface area contributed by atoms with Crippen LogP contribution in [0.5, 0.6) is 0 Å². The monoisotopic (exact) mass is 312 g/mol. The third-order valence-electron chi connectivity index (χ3n) is 3.43. The molecule has 0 N–H and O–H groups in total. The Bertz CT molecular complexity index is 797. The van der Waals surface area contributed by atoms with Gasteiger partial charge in [0.05, 0.1) is 0 Å². The molecule has 3 rings (SSSR count). The fourth-order valence-corrected chi connectivity index (χ4v) is 3.13. The summed E-state index contributed by atoms with van der Waals surface area (Å²) < 4.78 is 13.9. The van der Waals surface area contributed by atoms with Crippen molar-refractivity contribution in [2.75, 3.05) is 0 Å². The molecule has 0 saturated carbocycles. The predicted octanol–water partition coefficient (Wildman–Crippen LogP) is 4.16. The fourth-order valence-electron chi connectivity index (χ4n) is 2.39. The van der Waals surface area contributed by atoms with E-state index in [0.717, 1.165) is 27.3 Å². The van der Waals surface area contributed by atoms with Gasteiger partial charge in [0.15, 0.2) is 0 Å². The Labute approximate surface area is 128 Å². The first kappa shape index (κ1) is 14.4. The summed E-state index contributed by atoms with van der Waals surface area (Å²) in [6.07, 6.45) is 0. The summed E-state index contributed by atoms with van der Waals surface area (Å²) in [5.41, 5.74) is 3.83. The molecule has 0 nitrogen and oxygen atoms in total. The SMILES string of the molecule is Fc1ccccc1-c1ccc(-c2cccc(P)c2)c(P)c1. The first-order valence-corrected chi connectivity index (χ1v) is 7.81. The van der Waals surface area contributed by atoms with Crippen molar-refractivity contribution in [3.8, 4) is 22.3 Å². The lowest BCUT2D eigenvalue weighted by Crippen LogP contribution is -2.00. The molecule has 0 fully saturated rings. The lowest BCUT2D eigenvalue weighted by molar-refractivity contribution is 0.631. The Morgan fingerprint density at radius 3 is 2.14 bits per heavy atom. The molecule has 0 aromatic heterocycles. The standard InChI is InChI=1S/C18H15FP2/c19-17-7-2-1-6-15(17)13-8-9-16(18(21)11-13)12-4-3-5-14(20)10-12/h1-11H,20-21H2. The molecule has 2 atom stereocenters. The molecule has 0 bridgehead atoms. The van der Waals surface area contributed by atoms with Crippen LogP contribution >= 0.6 is 18.5 Å². The lowest BCUT2D eigenvalue weighted by atomic mass is 10.00. The highest BCUT2D eigenvalue weighted by Crippen LogP contribution is 2.26. The summed E-state index contributed by atoms with van der Waals surface area (Å²) in [6.45, 7) is 0. The zero-order chi connectivity index (χ0) is 14.8. The van der Waals surface area contributed by atoms with Gasteiger partial charge in [-0.2, -0.15) is 0 Å². The maximum Gasteiger partial charge on any atom is 0.131 e. The van der Waals surface area contributed by atoms with Gasteiger partial charge in [0.2, 0.25) is 0 Å². The van der Waals surface area contributed by atoms with Gasteiger partial charge in [-0.15, -0.1) is 18.5 Å². The van der Waals surface area contributed by atoms with Crippen LogP contribution in [0.2, 0.25) is 0 Å². The van der Waals surface area contributed by atoms with Gasteiger partial charge in [-0.1, -0.05) is 48.5 Å². The van der Waals surface area contributed by atoms with Gasteiger partial charge in [-0.05, 0) is 45.5 Å². The van der Waals surface area contributed by atoms with Crippen molar-refractivity contribution in [3.63, 3.8) is 0 Å².